The molecule has 1 aliphatic heterocycles. The second kappa shape index (κ2) is 9.95. The molecule has 0 aromatic carbocycles. The molecule has 148 valence electrons. The minimum atomic E-state index is -2.15. The summed E-state index contributed by atoms with van der Waals surface area (Å²) in [6.45, 7) is 20.1. The molecule has 1 fully saturated rings. The predicted octanol–water partition coefficient (Wildman–Crippen LogP) is 6.13. The fourth-order valence-electron chi connectivity index (χ4n) is 4.58. The van der Waals surface area contributed by atoms with Gasteiger partial charge in [0.1, 0.15) is 0 Å². The maximum absolute atomic E-state index is 3.53. The van der Waals surface area contributed by atoms with Crippen molar-refractivity contribution in [3.63, 3.8) is 0 Å². The van der Waals surface area contributed by atoms with Crippen molar-refractivity contribution in [2.75, 3.05) is 0 Å². The van der Waals surface area contributed by atoms with Gasteiger partial charge < -0.3 is 0 Å². The second-order valence-corrected chi connectivity index (χ2v) is 30.2. The maximum atomic E-state index is 3.53. The molecule has 1 heterocycles. The molecule has 25 heavy (non-hydrogen) atoms. The van der Waals surface area contributed by atoms with Crippen LogP contribution in [0.3, 0.4) is 0 Å². The Morgan fingerprint density at radius 2 is 1.04 bits per heavy atom. The fraction of sp³-hybridized carbons (Fsp3) is 0.947. The molecule has 0 spiro atoms. The topological polar surface area (TPSA) is 6.48 Å². The monoisotopic (exact) mass is 510 g/mol. The summed E-state index contributed by atoms with van der Waals surface area (Å²) in [6.07, 6.45) is 11.4. The van der Waals surface area contributed by atoms with Gasteiger partial charge in [-0.15, -0.1) is 0 Å². The Balaban J connectivity index is 3.07. The summed E-state index contributed by atoms with van der Waals surface area (Å²) in [7, 11) is -2.60. The van der Waals surface area contributed by atoms with Crippen molar-refractivity contribution in [3.05, 3.63) is 0 Å². The van der Waals surface area contributed by atoms with E-state index in [1.54, 1.807) is 15.2 Å². The van der Waals surface area contributed by atoms with Crippen molar-refractivity contribution in [1.82, 2.24) is 7.05 Å². The first-order chi connectivity index (χ1) is 11.5. The Morgan fingerprint density at radius 1 is 0.680 bits per heavy atom. The van der Waals surface area contributed by atoms with Crippen molar-refractivity contribution in [2.24, 2.45) is 0 Å². The molecule has 0 unspecified atom stereocenters. The van der Waals surface area contributed by atoms with Gasteiger partial charge in [0.25, 0.3) is 0 Å². The molecule has 0 aliphatic carbocycles. The Hall–Kier alpha value is 0.966. The van der Waals surface area contributed by atoms with Crippen LogP contribution in [0.4, 0.5) is 0 Å². The van der Waals surface area contributed by atoms with Gasteiger partial charge in [-0.25, -0.2) is 0 Å². The van der Waals surface area contributed by atoms with Crippen molar-refractivity contribution in [3.8, 4) is 0 Å². The number of hydrogen-bond donors (Lipinski definition) is 0. The van der Waals surface area contributed by atoms with E-state index >= 15 is 0 Å². The quantitative estimate of drug-likeness (QED) is 0.231. The van der Waals surface area contributed by atoms with E-state index in [1.165, 1.54) is 51.4 Å². The van der Waals surface area contributed by atoms with Gasteiger partial charge in [0.2, 0.25) is 0 Å². The van der Waals surface area contributed by atoms with Gasteiger partial charge in [-0.3, -0.25) is 0 Å². The molecule has 0 aromatic heterocycles. The zero-order valence-corrected chi connectivity index (χ0v) is 24.2. The summed E-state index contributed by atoms with van der Waals surface area (Å²) in [6, 6.07) is 0. The van der Waals surface area contributed by atoms with Crippen molar-refractivity contribution >= 4 is 50.4 Å². The van der Waals surface area contributed by atoms with Crippen molar-refractivity contribution in [1.29, 1.82) is 0 Å². The molecule has 1 rings (SSSR count). The van der Waals surface area contributed by atoms with E-state index in [2.05, 4.69) is 75.8 Å². The number of unbranched alkanes of at least 4 members (excludes halogenated alkanes) is 6. The third-order valence-corrected chi connectivity index (χ3v) is 33.5. The Morgan fingerprint density at radius 3 is 1.32 bits per heavy atom. The van der Waals surface area contributed by atoms with E-state index in [9.17, 15) is 0 Å². The summed E-state index contributed by atoms with van der Waals surface area (Å²) >= 11 is 1.38. The predicted molar refractivity (Wildman–Crippen MR) is 125 cm³/mol. The number of hydrogen-bond acceptors (Lipinski definition) is 2. The van der Waals surface area contributed by atoms with Crippen LogP contribution >= 0.6 is 0 Å². The Labute approximate surface area is 171 Å². The number of nitrogens with zero attached hydrogens (tertiary/aromatic N) is 2. The van der Waals surface area contributed by atoms with E-state index in [4.69, 9.17) is 0 Å². The SMILES string of the molecule is CCCCC[CH2][Ge]1([CH2]CCCCC)[N]([Si](C)(C)C)C(=[Se])[N]1[Si](C)(C)C. The standard InChI is InChI=1S/C19H44GeN2SeSi2/c1-9-11-13-15-17-20(18-16-14-12-10-2)21(24(3,4)5)19(23)22(20)25(6,7)8/h9-18H2,1-8H3. The van der Waals surface area contributed by atoms with E-state index in [0.717, 1.165) is 0 Å². The average Bonchev–Trinajstić information content (AvgIpc) is 2.43. The molecule has 2 nitrogen and oxygen atoms in total. The van der Waals surface area contributed by atoms with E-state index in [0.29, 0.717) is 0 Å². The zero-order valence-electron chi connectivity index (χ0n) is 18.4. The molecule has 0 aromatic rings. The normalized spacial score (nSPS) is 17.8. The molecule has 0 N–H and O–H groups in total. The van der Waals surface area contributed by atoms with Crippen LogP contribution in [0, 0.1) is 0 Å². The summed E-state index contributed by atoms with van der Waals surface area (Å²) in [5, 5.41) is 3.09. The van der Waals surface area contributed by atoms with Crippen LogP contribution in [0.5, 0.6) is 0 Å². The van der Waals surface area contributed by atoms with Gasteiger partial charge in [0.05, 0.1) is 0 Å². The van der Waals surface area contributed by atoms with Gasteiger partial charge in [0, 0.05) is 0 Å². The third-order valence-electron chi connectivity index (χ3n) is 5.42. The van der Waals surface area contributed by atoms with Crippen molar-refractivity contribution in [2.45, 2.75) is 115 Å². The van der Waals surface area contributed by atoms with Crippen LogP contribution < -0.4 is 0 Å². The van der Waals surface area contributed by atoms with Crippen LogP contribution in [0.25, 0.3) is 0 Å². The minimum absolute atomic E-state index is 1.30. The molecular formula is C19H44GeN2SeSi2. The van der Waals surface area contributed by atoms with Crippen LogP contribution in [-0.2, 0) is 0 Å². The van der Waals surface area contributed by atoms with Gasteiger partial charge >= 0.3 is 172 Å². The fourth-order valence-corrected chi connectivity index (χ4v) is 43.6. The molecule has 6 heteroatoms. The summed E-state index contributed by atoms with van der Waals surface area (Å²) in [4.78, 5) is 0. The first-order valence-electron chi connectivity index (χ1n) is 10.7. The average molecular weight is 508 g/mol. The van der Waals surface area contributed by atoms with Crippen LogP contribution in [-0.4, -0.2) is 57.5 Å². The van der Waals surface area contributed by atoms with E-state index < -0.39 is 30.2 Å². The second-order valence-electron chi connectivity index (χ2n) is 9.90. The molecule has 0 bridgehead atoms. The first-order valence-corrected chi connectivity index (χ1v) is 23.3. The summed E-state index contributed by atoms with van der Waals surface area (Å²) < 4.78 is 7.70. The van der Waals surface area contributed by atoms with Gasteiger partial charge in [-0.1, -0.05) is 0 Å². The van der Waals surface area contributed by atoms with E-state index in [-0.39, 0.29) is 0 Å². The van der Waals surface area contributed by atoms with Crippen LogP contribution in [0.2, 0.25) is 49.8 Å². The summed E-state index contributed by atoms with van der Waals surface area (Å²) in [5.41, 5.74) is 0. The van der Waals surface area contributed by atoms with E-state index in [1.807, 2.05) is 0 Å². The molecule has 0 amide bonds. The van der Waals surface area contributed by atoms with Gasteiger partial charge in [-0.05, 0) is 0 Å². The first kappa shape index (κ1) is 24.0. The molecule has 0 saturated carbocycles. The molecular weight excluding hydrogens is 464 g/mol. The van der Waals surface area contributed by atoms with Crippen molar-refractivity contribution < 1.29 is 0 Å². The van der Waals surface area contributed by atoms with Crippen LogP contribution in [0.15, 0.2) is 0 Å². The molecule has 1 aliphatic rings. The Bertz CT molecular complexity index is 394. The molecule has 1 saturated heterocycles. The van der Waals surface area contributed by atoms with Gasteiger partial charge in [0.15, 0.2) is 0 Å². The van der Waals surface area contributed by atoms with Gasteiger partial charge in [-0.2, -0.15) is 0 Å². The summed E-state index contributed by atoms with van der Waals surface area (Å²) in [5.74, 6) is 0. The number of rotatable bonds is 12. The zero-order chi connectivity index (χ0) is 19.3. The Kier molecular flexibility index (Phi) is 9.55. The third kappa shape index (κ3) is 5.97. The molecule has 0 radical (unpaired) electrons. The van der Waals surface area contributed by atoms with Crippen LogP contribution in [0.1, 0.15) is 65.2 Å². The molecule has 0 atom stereocenters.